The average Bonchev–Trinajstić information content (AvgIpc) is 3.39. The first-order chi connectivity index (χ1) is 12.0. The van der Waals surface area contributed by atoms with Crippen LogP contribution in [-0.4, -0.2) is 35.9 Å². The van der Waals surface area contributed by atoms with Gasteiger partial charge in [-0.1, -0.05) is 6.07 Å². The molecule has 25 heavy (non-hydrogen) atoms. The minimum Gasteiger partial charge on any atom is -0.489 e. The van der Waals surface area contributed by atoms with Crippen LogP contribution in [0.15, 0.2) is 18.2 Å². The first-order valence-corrected chi connectivity index (χ1v) is 8.71. The van der Waals surface area contributed by atoms with E-state index in [-0.39, 0.29) is 17.6 Å². The molecule has 5 nitrogen and oxygen atoms in total. The summed E-state index contributed by atoms with van der Waals surface area (Å²) in [5, 5.41) is 10.1. The van der Waals surface area contributed by atoms with Gasteiger partial charge in [0, 0.05) is 13.0 Å². The predicted molar refractivity (Wildman–Crippen MR) is 85.8 cm³/mol. The van der Waals surface area contributed by atoms with E-state index < -0.39 is 6.61 Å². The first-order valence-electron chi connectivity index (χ1n) is 8.71. The predicted octanol–water partition coefficient (Wildman–Crippen LogP) is 3.64. The van der Waals surface area contributed by atoms with Crippen LogP contribution in [0.5, 0.6) is 11.5 Å². The highest BCUT2D eigenvalue weighted by molar-refractivity contribution is 5.75. The second-order valence-corrected chi connectivity index (χ2v) is 6.83. The first kappa shape index (κ1) is 17.9. The van der Waals surface area contributed by atoms with E-state index in [9.17, 15) is 18.8 Å². The van der Waals surface area contributed by atoms with Crippen molar-refractivity contribution < 1.29 is 28.3 Å². The third-order valence-electron chi connectivity index (χ3n) is 4.74. The molecule has 3 rings (SSSR count). The van der Waals surface area contributed by atoms with Gasteiger partial charge in [0.05, 0.1) is 6.61 Å². The van der Waals surface area contributed by atoms with Gasteiger partial charge in [-0.2, -0.15) is 8.78 Å². The minimum atomic E-state index is -2.89. The number of carbonyl (C=O) groups is 1. The van der Waals surface area contributed by atoms with Gasteiger partial charge in [0.1, 0.15) is 0 Å². The maximum Gasteiger partial charge on any atom is 0.387 e. The zero-order valence-electron chi connectivity index (χ0n) is 14.0. The highest BCUT2D eigenvalue weighted by Crippen LogP contribution is 2.34. The highest BCUT2D eigenvalue weighted by atomic mass is 19.3. The molecule has 1 saturated heterocycles. The Hall–Kier alpha value is -1.89. The summed E-state index contributed by atoms with van der Waals surface area (Å²) in [7, 11) is 0. The summed E-state index contributed by atoms with van der Waals surface area (Å²) in [4.78, 5) is 11.5. The number of benzene rings is 1. The Morgan fingerprint density at radius 1 is 1.20 bits per heavy atom. The maximum absolute atomic E-state index is 12.5. The van der Waals surface area contributed by atoms with E-state index in [1.165, 1.54) is 6.07 Å². The number of alkyl halides is 2. The Labute approximate surface area is 145 Å². The molecule has 1 amide bonds. The van der Waals surface area contributed by atoms with Crippen molar-refractivity contribution in [2.45, 2.75) is 45.1 Å². The van der Waals surface area contributed by atoms with Gasteiger partial charge in [-0.25, -0.2) is 5.06 Å². The molecule has 1 aromatic rings. The van der Waals surface area contributed by atoms with E-state index in [4.69, 9.17) is 4.74 Å². The molecule has 1 aromatic carbocycles. The van der Waals surface area contributed by atoms with Crippen LogP contribution < -0.4 is 9.47 Å². The standard InChI is InChI=1S/C18H23F2NO4/c19-18(20)25-15-6-5-12(9-16(15)24-11-14-3-4-14)1-2-13-7-8-21(23)17(22)10-13/h5-6,9,13-14,18,23H,1-4,7-8,10-11H2. The van der Waals surface area contributed by atoms with Crippen LogP contribution in [0.1, 0.15) is 37.7 Å². The molecule has 1 aliphatic heterocycles. The van der Waals surface area contributed by atoms with Crippen LogP contribution in [-0.2, 0) is 11.2 Å². The number of rotatable bonds is 8. The number of piperidine rings is 1. The second kappa shape index (κ2) is 7.99. The summed E-state index contributed by atoms with van der Waals surface area (Å²) in [5.41, 5.74) is 0.964. The van der Waals surface area contributed by atoms with Gasteiger partial charge in [0.15, 0.2) is 11.5 Å². The van der Waals surface area contributed by atoms with Crippen LogP contribution in [0.3, 0.4) is 0 Å². The molecular formula is C18H23F2NO4. The van der Waals surface area contributed by atoms with Crippen molar-refractivity contribution in [1.82, 2.24) is 5.06 Å². The van der Waals surface area contributed by atoms with Gasteiger partial charge in [-0.15, -0.1) is 0 Å². The van der Waals surface area contributed by atoms with Crippen LogP contribution in [0.2, 0.25) is 0 Å². The lowest BCUT2D eigenvalue weighted by atomic mass is 9.91. The normalized spacial score (nSPS) is 20.9. The Balaban J connectivity index is 1.60. The largest absolute Gasteiger partial charge is 0.489 e. The number of hydrogen-bond acceptors (Lipinski definition) is 4. The van der Waals surface area contributed by atoms with E-state index >= 15 is 0 Å². The summed E-state index contributed by atoms with van der Waals surface area (Å²) < 4.78 is 35.3. The second-order valence-electron chi connectivity index (χ2n) is 6.83. The van der Waals surface area contributed by atoms with Crippen molar-refractivity contribution >= 4 is 5.91 Å². The van der Waals surface area contributed by atoms with Crippen molar-refractivity contribution in [2.75, 3.05) is 13.2 Å². The molecule has 138 valence electrons. The zero-order chi connectivity index (χ0) is 17.8. The Kier molecular flexibility index (Phi) is 5.73. The number of nitrogens with zero attached hydrogens (tertiary/aromatic N) is 1. The molecule has 0 bridgehead atoms. The monoisotopic (exact) mass is 355 g/mol. The molecular weight excluding hydrogens is 332 g/mol. The Morgan fingerprint density at radius 3 is 2.68 bits per heavy atom. The van der Waals surface area contributed by atoms with E-state index in [1.807, 2.05) is 0 Å². The van der Waals surface area contributed by atoms with Crippen molar-refractivity contribution in [3.05, 3.63) is 23.8 Å². The summed E-state index contributed by atoms with van der Waals surface area (Å²) in [6.45, 7) is -2.00. The summed E-state index contributed by atoms with van der Waals surface area (Å²) >= 11 is 0. The fourth-order valence-electron chi connectivity index (χ4n) is 3.01. The lowest BCUT2D eigenvalue weighted by Crippen LogP contribution is -2.36. The van der Waals surface area contributed by atoms with Crippen LogP contribution in [0.25, 0.3) is 0 Å². The Morgan fingerprint density at radius 2 is 2.00 bits per heavy atom. The van der Waals surface area contributed by atoms with Crippen molar-refractivity contribution in [1.29, 1.82) is 0 Å². The van der Waals surface area contributed by atoms with Gasteiger partial charge in [0.25, 0.3) is 0 Å². The molecule has 1 heterocycles. The number of aryl methyl sites for hydroxylation is 1. The van der Waals surface area contributed by atoms with Gasteiger partial charge in [-0.3, -0.25) is 10.0 Å². The van der Waals surface area contributed by atoms with Crippen molar-refractivity contribution in [2.24, 2.45) is 11.8 Å². The summed E-state index contributed by atoms with van der Waals surface area (Å²) in [6, 6.07) is 5.03. The molecule has 7 heteroatoms. The molecule has 0 radical (unpaired) electrons. The average molecular weight is 355 g/mol. The number of amides is 1. The van der Waals surface area contributed by atoms with E-state index in [0.29, 0.717) is 31.2 Å². The fourth-order valence-corrected chi connectivity index (χ4v) is 3.01. The quantitative estimate of drug-likeness (QED) is 0.724. The minimum absolute atomic E-state index is 0.0585. The van der Waals surface area contributed by atoms with E-state index in [1.54, 1.807) is 12.1 Å². The van der Waals surface area contributed by atoms with Crippen LogP contribution in [0.4, 0.5) is 8.78 Å². The number of carbonyl (C=O) groups excluding carboxylic acids is 1. The smallest absolute Gasteiger partial charge is 0.387 e. The third kappa shape index (κ3) is 5.29. The highest BCUT2D eigenvalue weighted by Gasteiger charge is 2.25. The van der Waals surface area contributed by atoms with E-state index in [2.05, 4.69) is 4.74 Å². The zero-order valence-corrected chi connectivity index (χ0v) is 14.0. The van der Waals surface area contributed by atoms with Gasteiger partial charge >= 0.3 is 6.61 Å². The number of hydrogen-bond donors (Lipinski definition) is 1. The Bertz CT molecular complexity index is 607. The van der Waals surface area contributed by atoms with E-state index in [0.717, 1.165) is 42.7 Å². The summed E-state index contributed by atoms with van der Waals surface area (Å²) in [6.07, 6.45) is 4.85. The lowest BCUT2D eigenvalue weighted by molar-refractivity contribution is -0.172. The van der Waals surface area contributed by atoms with Crippen LogP contribution in [0, 0.1) is 11.8 Å². The SMILES string of the molecule is O=C1CC(CCc2ccc(OC(F)F)c(OCC3CC3)c2)CCN1O. The van der Waals surface area contributed by atoms with Gasteiger partial charge in [-0.05, 0) is 61.6 Å². The molecule has 1 unspecified atom stereocenters. The number of ether oxygens (including phenoxy) is 2. The van der Waals surface area contributed by atoms with Crippen molar-refractivity contribution in [3.63, 3.8) is 0 Å². The molecule has 1 atom stereocenters. The molecule has 1 aliphatic carbocycles. The maximum atomic E-state index is 12.5. The number of hydroxylamine groups is 2. The summed E-state index contributed by atoms with van der Waals surface area (Å²) in [5.74, 6) is 0.904. The molecule has 1 N–H and O–H groups in total. The number of halogens is 2. The molecule has 0 spiro atoms. The lowest BCUT2D eigenvalue weighted by Gasteiger charge is -2.27. The van der Waals surface area contributed by atoms with Gasteiger partial charge in [0.2, 0.25) is 5.91 Å². The third-order valence-corrected chi connectivity index (χ3v) is 4.74. The molecule has 2 aliphatic rings. The van der Waals surface area contributed by atoms with Crippen LogP contribution >= 0.6 is 0 Å². The van der Waals surface area contributed by atoms with Gasteiger partial charge < -0.3 is 9.47 Å². The fraction of sp³-hybridized carbons (Fsp3) is 0.611. The topological polar surface area (TPSA) is 59.0 Å². The molecule has 1 saturated carbocycles. The van der Waals surface area contributed by atoms with Crippen molar-refractivity contribution in [3.8, 4) is 11.5 Å². The molecule has 0 aromatic heterocycles. The molecule has 2 fully saturated rings.